The molecule has 0 heterocycles. The fourth-order valence-corrected chi connectivity index (χ4v) is 0.446. The molecule has 0 aliphatic carbocycles. The van der Waals surface area contributed by atoms with E-state index in [0.717, 1.165) is 0 Å². The number of hydrogen-bond acceptors (Lipinski definition) is 2. The highest BCUT2D eigenvalue weighted by Gasteiger charge is 2.32. The first-order valence-corrected chi connectivity index (χ1v) is 3.06. The van der Waals surface area contributed by atoms with Gasteiger partial charge in [-0.3, -0.25) is 0 Å². The van der Waals surface area contributed by atoms with E-state index in [-0.39, 0.29) is 6.61 Å². The van der Waals surface area contributed by atoms with Gasteiger partial charge in [-0.05, 0) is 0 Å². The van der Waals surface area contributed by atoms with Gasteiger partial charge in [0.2, 0.25) is 0 Å². The topological polar surface area (TPSA) is 46.2 Å². The Labute approximate surface area is 59.0 Å². The molecule has 0 amide bonds. The van der Waals surface area contributed by atoms with Crippen molar-refractivity contribution in [3.05, 3.63) is 0 Å². The molecule has 0 aromatic carbocycles. The molecule has 0 bridgehead atoms. The van der Waals surface area contributed by atoms with Crippen molar-refractivity contribution in [1.82, 2.24) is 0 Å². The predicted octanol–water partition coefficient (Wildman–Crippen LogP) is 0.597. The molecule has 62 valence electrons. The van der Waals surface area contributed by atoms with E-state index in [1.807, 2.05) is 0 Å². The zero-order valence-corrected chi connectivity index (χ0v) is 6.14. The second-order valence-electron chi connectivity index (χ2n) is 3.01. The van der Waals surface area contributed by atoms with Crippen molar-refractivity contribution in [2.24, 2.45) is 11.1 Å². The standard InChI is InChI=1S/C6H13F2NO/c1-6(2,3-10)4(9)5(7)8/h4-5,10H,3,9H2,1-2H3. The van der Waals surface area contributed by atoms with E-state index in [0.29, 0.717) is 0 Å². The average molecular weight is 153 g/mol. The molecule has 0 radical (unpaired) electrons. The minimum atomic E-state index is -2.57. The molecular weight excluding hydrogens is 140 g/mol. The van der Waals surface area contributed by atoms with Gasteiger partial charge in [0.15, 0.2) is 0 Å². The number of nitrogens with two attached hydrogens (primary N) is 1. The minimum Gasteiger partial charge on any atom is -0.396 e. The summed E-state index contributed by atoms with van der Waals surface area (Å²) in [4.78, 5) is 0. The highest BCUT2D eigenvalue weighted by Crippen LogP contribution is 2.22. The monoisotopic (exact) mass is 153 g/mol. The van der Waals surface area contributed by atoms with E-state index in [4.69, 9.17) is 10.8 Å². The van der Waals surface area contributed by atoms with Crippen LogP contribution in [0.4, 0.5) is 8.78 Å². The quantitative estimate of drug-likeness (QED) is 0.623. The number of halogens is 2. The molecule has 4 heteroatoms. The van der Waals surface area contributed by atoms with Gasteiger partial charge in [0, 0.05) is 12.0 Å². The van der Waals surface area contributed by atoms with Crippen LogP contribution in [0.2, 0.25) is 0 Å². The van der Waals surface area contributed by atoms with Crippen LogP contribution < -0.4 is 5.73 Å². The van der Waals surface area contributed by atoms with E-state index in [1.165, 1.54) is 13.8 Å². The number of aliphatic hydroxyl groups excluding tert-OH is 1. The number of aliphatic hydroxyl groups is 1. The minimum absolute atomic E-state index is 0.321. The maximum atomic E-state index is 11.9. The van der Waals surface area contributed by atoms with Crippen LogP contribution in [-0.2, 0) is 0 Å². The fraction of sp³-hybridized carbons (Fsp3) is 1.00. The van der Waals surface area contributed by atoms with Crippen LogP contribution in [0.3, 0.4) is 0 Å². The molecule has 0 spiro atoms. The molecule has 10 heavy (non-hydrogen) atoms. The van der Waals surface area contributed by atoms with Gasteiger partial charge in [-0.2, -0.15) is 0 Å². The Balaban J connectivity index is 4.03. The Hall–Kier alpha value is -0.220. The summed E-state index contributed by atoms with van der Waals surface area (Å²) >= 11 is 0. The third-order valence-electron chi connectivity index (χ3n) is 1.58. The van der Waals surface area contributed by atoms with E-state index < -0.39 is 17.9 Å². The lowest BCUT2D eigenvalue weighted by atomic mass is 9.86. The van der Waals surface area contributed by atoms with Crippen molar-refractivity contribution in [2.45, 2.75) is 26.3 Å². The highest BCUT2D eigenvalue weighted by atomic mass is 19.3. The maximum absolute atomic E-state index is 11.9. The number of rotatable bonds is 3. The molecule has 0 fully saturated rings. The first-order valence-electron chi connectivity index (χ1n) is 3.06. The maximum Gasteiger partial charge on any atom is 0.254 e. The number of hydrogen-bond donors (Lipinski definition) is 2. The normalized spacial score (nSPS) is 15.9. The van der Waals surface area contributed by atoms with Crippen LogP contribution >= 0.6 is 0 Å². The number of alkyl halides is 2. The largest absolute Gasteiger partial charge is 0.396 e. The lowest BCUT2D eigenvalue weighted by Gasteiger charge is -2.28. The van der Waals surface area contributed by atoms with Crippen LogP contribution in [0, 0.1) is 5.41 Å². The molecule has 3 N–H and O–H groups in total. The molecule has 1 unspecified atom stereocenters. The van der Waals surface area contributed by atoms with Gasteiger partial charge in [-0.25, -0.2) is 8.78 Å². The van der Waals surface area contributed by atoms with Gasteiger partial charge in [-0.1, -0.05) is 13.8 Å². The molecule has 0 aliphatic heterocycles. The van der Waals surface area contributed by atoms with E-state index in [2.05, 4.69) is 0 Å². The molecule has 0 saturated carbocycles. The van der Waals surface area contributed by atoms with Crippen LogP contribution in [-0.4, -0.2) is 24.2 Å². The Morgan fingerprint density at radius 1 is 1.50 bits per heavy atom. The highest BCUT2D eigenvalue weighted by molar-refractivity contribution is 4.82. The molecule has 0 rings (SSSR count). The van der Waals surface area contributed by atoms with Gasteiger partial charge >= 0.3 is 0 Å². The molecular formula is C6H13F2NO. The lowest BCUT2D eigenvalue weighted by Crippen LogP contribution is -2.45. The van der Waals surface area contributed by atoms with Gasteiger partial charge < -0.3 is 10.8 Å². The van der Waals surface area contributed by atoms with Crippen LogP contribution in [0.1, 0.15) is 13.8 Å². The summed E-state index contributed by atoms with van der Waals surface area (Å²) in [6.07, 6.45) is -2.57. The van der Waals surface area contributed by atoms with Gasteiger partial charge in [0.25, 0.3) is 6.43 Å². The fourth-order valence-electron chi connectivity index (χ4n) is 0.446. The zero-order chi connectivity index (χ0) is 8.36. The molecule has 0 aliphatic rings. The second-order valence-corrected chi connectivity index (χ2v) is 3.01. The first-order chi connectivity index (χ1) is 4.41. The molecule has 2 nitrogen and oxygen atoms in total. The summed E-state index contributed by atoms with van der Waals surface area (Å²) in [5.41, 5.74) is 4.20. The van der Waals surface area contributed by atoms with Crippen molar-refractivity contribution in [2.75, 3.05) is 6.61 Å². The summed E-state index contributed by atoms with van der Waals surface area (Å²) in [5.74, 6) is 0. The van der Waals surface area contributed by atoms with Gasteiger partial charge in [-0.15, -0.1) is 0 Å². The summed E-state index contributed by atoms with van der Waals surface area (Å²) < 4.78 is 23.7. The van der Waals surface area contributed by atoms with Crippen molar-refractivity contribution in [3.63, 3.8) is 0 Å². The second kappa shape index (κ2) is 3.25. The Bertz CT molecular complexity index is 106. The van der Waals surface area contributed by atoms with E-state index in [1.54, 1.807) is 0 Å². The van der Waals surface area contributed by atoms with Crippen molar-refractivity contribution < 1.29 is 13.9 Å². The van der Waals surface area contributed by atoms with Crippen molar-refractivity contribution in [3.8, 4) is 0 Å². The van der Waals surface area contributed by atoms with Crippen LogP contribution in [0.25, 0.3) is 0 Å². The van der Waals surface area contributed by atoms with E-state index in [9.17, 15) is 8.78 Å². The Morgan fingerprint density at radius 3 is 2.00 bits per heavy atom. The first kappa shape index (κ1) is 9.78. The van der Waals surface area contributed by atoms with Crippen molar-refractivity contribution in [1.29, 1.82) is 0 Å². The molecule has 0 aromatic heterocycles. The molecule has 0 aromatic rings. The summed E-state index contributed by atoms with van der Waals surface area (Å²) in [5, 5.41) is 8.60. The van der Waals surface area contributed by atoms with Gasteiger partial charge in [0.05, 0.1) is 6.04 Å². The smallest absolute Gasteiger partial charge is 0.254 e. The Morgan fingerprint density at radius 2 is 1.90 bits per heavy atom. The third kappa shape index (κ3) is 2.19. The predicted molar refractivity (Wildman–Crippen MR) is 34.8 cm³/mol. The summed E-state index contributed by atoms with van der Waals surface area (Å²) in [7, 11) is 0. The van der Waals surface area contributed by atoms with E-state index >= 15 is 0 Å². The zero-order valence-electron chi connectivity index (χ0n) is 6.14. The molecule has 1 atom stereocenters. The van der Waals surface area contributed by atoms with Crippen LogP contribution in [0.15, 0.2) is 0 Å². The summed E-state index contributed by atoms with van der Waals surface area (Å²) in [6, 6.07) is -1.25. The van der Waals surface area contributed by atoms with Crippen molar-refractivity contribution >= 4 is 0 Å². The van der Waals surface area contributed by atoms with Gasteiger partial charge in [0.1, 0.15) is 0 Å². The Kier molecular flexibility index (Phi) is 3.18. The molecule has 0 saturated heterocycles. The third-order valence-corrected chi connectivity index (χ3v) is 1.58. The average Bonchev–Trinajstić information content (AvgIpc) is 1.86. The SMILES string of the molecule is CC(C)(CO)C(N)C(F)F. The summed E-state index contributed by atoms with van der Waals surface area (Å²) in [6.45, 7) is 2.69. The van der Waals surface area contributed by atoms with Crippen LogP contribution in [0.5, 0.6) is 0 Å². The lowest BCUT2D eigenvalue weighted by molar-refractivity contribution is 0.0277.